The van der Waals surface area contributed by atoms with Crippen LogP contribution in [0.25, 0.3) is 0 Å². The normalized spacial score (nSPS) is 15.0. The Bertz CT molecular complexity index is 1340. The van der Waals surface area contributed by atoms with Crippen LogP contribution in [0.1, 0.15) is 46.6 Å². The summed E-state index contributed by atoms with van der Waals surface area (Å²) in [7, 11) is -5.84. The number of aliphatic hydroxyl groups excluding tert-OH is 1. The van der Waals surface area contributed by atoms with Crippen molar-refractivity contribution >= 4 is 24.4 Å². The molecule has 11 nitrogen and oxygen atoms in total. The molecule has 0 fully saturated rings. The number of carbonyl (C=O) groups is 1. The molecule has 0 radical (unpaired) electrons. The molecule has 1 amide bonds. The van der Waals surface area contributed by atoms with E-state index in [-0.39, 0.29) is 42.2 Å². The van der Waals surface area contributed by atoms with Gasteiger partial charge in [0, 0.05) is 32.2 Å². The Hall–Kier alpha value is -2.84. The summed E-state index contributed by atoms with van der Waals surface area (Å²) in [5.41, 5.74) is 0.755. The number of hydrogen-bond donors (Lipinski definition) is 3. The van der Waals surface area contributed by atoms with Crippen molar-refractivity contribution in [3.8, 4) is 17.2 Å². The van der Waals surface area contributed by atoms with Crippen LogP contribution < -0.4 is 19.5 Å². The molecule has 0 saturated heterocycles. The lowest BCUT2D eigenvalue weighted by Crippen LogP contribution is -2.50. The van der Waals surface area contributed by atoms with Crippen LogP contribution in [0, 0.1) is 5.92 Å². The van der Waals surface area contributed by atoms with Crippen molar-refractivity contribution in [2.45, 2.75) is 82.6 Å². The smallest absolute Gasteiger partial charge is 0.404 e. The van der Waals surface area contributed by atoms with Gasteiger partial charge in [0.1, 0.15) is 5.75 Å². The summed E-state index contributed by atoms with van der Waals surface area (Å²) >= 11 is 0. The van der Waals surface area contributed by atoms with Gasteiger partial charge < -0.3 is 34.2 Å². The van der Waals surface area contributed by atoms with Gasteiger partial charge in [-0.05, 0) is 60.3 Å². The number of hydrogen-bond acceptors (Lipinski definition) is 8. The summed E-state index contributed by atoms with van der Waals surface area (Å²) in [6.07, 6.45) is -1.74. The minimum Gasteiger partial charge on any atom is -0.494 e. The molecule has 2 aromatic rings. The van der Waals surface area contributed by atoms with Crippen molar-refractivity contribution in [3.63, 3.8) is 0 Å². The highest BCUT2D eigenvalue weighted by Crippen LogP contribution is 2.37. The van der Waals surface area contributed by atoms with Crippen molar-refractivity contribution in [2.75, 3.05) is 33.1 Å². The van der Waals surface area contributed by atoms with Gasteiger partial charge in [0.05, 0.1) is 23.6 Å². The Morgan fingerprint density at radius 3 is 2.32 bits per heavy atom. The second kappa shape index (κ2) is 15.0. The summed E-state index contributed by atoms with van der Waals surface area (Å²) in [6.45, 7) is 15.7. The standard InChI is InChI=1S/C31H48N2O9SSi/c1-22(2)19-33(43(37,38)25-13-14-28-29(18-25)41-21-40-28)20-27(34)26(32-30(35)36)17-23-9-11-24(12-10-23)39-15-8-16-42-44(6,7)31(3,4)5/h9-14,18,22,26-27,32,34H,8,15-17,19-21H2,1-7H3,(H,35,36)/t26-,27+/m0/s1. The minimum atomic E-state index is -4.04. The van der Waals surface area contributed by atoms with Gasteiger partial charge in [0.25, 0.3) is 0 Å². The zero-order valence-electron chi connectivity index (χ0n) is 26.8. The average molecular weight is 653 g/mol. The van der Waals surface area contributed by atoms with E-state index < -0.39 is 36.6 Å². The number of nitrogens with zero attached hydrogens (tertiary/aromatic N) is 1. The molecular weight excluding hydrogens is 604 g/mol. The van der Waals surface area contributed by atoms with E-state index in [1.54, 1.807) is 24.3 Å². The topological polar surface area (TPSA) is 144 Å². The third-order valence-corrected chi connectivity index (χ3v) is 14.3. The number of nitrogens with one attached hydrogen (secondary N) is 1. The van der Waals surface area contributed by atoms with Gasteiger partial charge in [0.15, 0.2) is 19.8 Å². The van der Waals surface area contributed by atoms with Gasteiger partial charge in [0.2, 0.25) is 16.8 Å². The van der Waals surface area contributed by atoms with E-state index in [4.69, 9.17) is 18.6 Å². The van der Waals surface area contributed by atoms with Crippen LogP contribution in [0.5, 0.6) is 17.2 Å². The fourth-order valence-corrected chi connectivity index (χ4v) is 7.14. The van der Waals surface area contributed by atoms with Crippen LogP contribution in [0.15, 0.2) is 47.4 Å². The molecule has 0 saturated carbocycles. The molecule has 44 heavy (non-hydrogen) atoms. The maximum atomic E-state index is 13.6. The molecule has 13 heteroatoms. The van der Waals surface area contributed by atoms with Crippen LogP contribution in [-0.4, -0.2) is 82.6 Å². The zero-order valence-corrected chi connectivity index (χ0v) is 28.6. The summed E-state index contributed by atoms with van der Waals surface area (Å²) in [5, 5.41) is 23.2. The van der Waals surface area contributed by atoms with Crippen molar-refractivity contribution < 1.29 is 42.1 Å². The molecular formula is C31H48N2O9SSi. The second-order valence-corrected chi connectivity index (χ2v) is 19.8. The number of aliphatic hydroxyl groups is 1. The fraction of sp³-hybridized carbons (Fsp3) is 0.581. The Kier molecular flexibility index (Phi) is 12.1. The first-order valence-corrected chi connectivity index (χ1v) is 19.3. The Balaban J connectivity index is 1.64. The van der Waals surface area contributed by atoms with Crippen molar-refractivity contribution in [3.05, 3.63) is 48.0 Å². The summed E-state index contributed by atoms with van der Waals surface area (Å²) in [5.74, 6) is 1.40. The van der Waals surface area contributed by atoms with Gasteiger partial charge in [-0.25, -0.2) is 13.2 Å². The molecule has 3 rings (SSSR count). The van der Waals surface area contributed by atoms with Gasteiger partial charge in [-0.15, -0.1) is 0 Å². The zero-order chi connectivity index (χ0) is 32.7. The predicted octanol–water partition coefficient (Wildman–Crippen LogP) is 5.09. The van der Waals surface area contributed by atoms with E-state index in [1.807, 2.05) is 13.8 Å². The molecule has 246 valence electrons. The molecule has 0 aromatic heterocycles. The van der Waals surface area contributed by atoms with Crippen molar-refractivity contribution in [1.82, 2.24) is 9.62 Å². The van der Waals surface area contributed by atoms with Gasteiger partial charge >= 0.3 is 6.09 Å². The molecule has 3 N–H and O–H groups in total. The molecule has 0 unspecified atom stereocenters. The highest BCUT2D eigenvalue weighted by molar-refractivity contribution is 7.89. The lowest BCUT2D eigenvalue weighted by Gasteiger charge is -2.36. The first-order chi connectivity index (χ1) is 20.5. The summed E-state index contributed by atoms with van der Waals surface area (Å²) in [6, 6.07) is 10.6. The monoisotopic (exact) mass is 652 g/mol. The molecule has 1 aliphatic heterocycles. The van der Waals surface area contributed by atoms with Crippen LogP contribution >= 0.6 is 0 Å². The highest BCUT2D eigenvalue weighted by atomic mass is 32.2. The van der Waals surface area contributed by atoms with E-state index in [0.717, 1.165) is 12.0 Å². The Morgan fingerprint density at radius 2 is 1.70 bits per heavy atom. The van der Waals surface area contributed by atoms with Crippen molar-refractivity contribution in [1.29, 1.82) is 0 Å². The lowest BCUT2D eigenvalue weighted by molar-refractivity contribution is 0.0980. The number of rotatable bonds is 16. The number of ether oxygens (including phenoxy) is 3. The quantitative estimate of drug-likeness (QED) is 0.167. The number of carboxylic acid groups (broad SMARTS) is 1. The van der Waals surface area contributed by atoms with Gasteiger partial charge in [-0.2, -0.15) is 4.31 Å². The first-order valence-electron chi connectivity index (χ1n) is 14.9. The number of benzene rings is 2. The van der Waals surface area contributed by atoms with Crippen molar-refractivity contribution in [2.24, 2.45) is 5.92 Å². The largest absolute Gasteiger partial charge is 0.494 e. The molecule has 1 heterocycles. The number of amides is 1. The highest BCUT2D eigenvalue weighted by Gasteiger charge is 2.37. The SMILES string of the molecule is CC(C)CN(C[C@@H](O)[C@H](Cc1ccc(OCCCO[Si](C)(C)C(C)(C)C)cc1)NC(=O)O)S(=O)(=O)c1ccc2c(c1)OCO2. The third kappa shape index (κ3) is 9.83. The van der Waals surface area contributed by atoms with Gasteiger partial charge in [-0.1, -0.05) is 46.8 Å². The molecule has 0 spiro atoms. The maximum Gasteiger partial charge on any atom is 0.404 e. The molecule has 2 aromatic carbocycles. The third-order valence-electron chi connectivity index (χ3n) is 7.92. The van der Waals surface area contributed by atoms with Crippen LogP contribution in [0.2, 0.25) is 18.1 Å². The molecule has 1 aliphatic rings. The fourth-order valence-electron chi connectivity index (χ4n) is 4.41. The van der Waals surface area contributed by atoms with Crippen LogP contribution in [0.3, 0.4) is 0 Å². The Labute approximate surface area is 262 Å². The number of sulfonamides is 1. The first kappa shape index (κ1) is 35.6. The Morgan fingerprint density at radius 1 is 1.05 bits per heavy atom. The predicted molar refractivity (Wildman–Crippen MR) is 171 cm³/mol. The number of fused-ring (bicyclic) bond motifs is 1. The van der Waals surface area contributed by atoms with E-state index in [1.165, 1.54) is 22.5 Å². The van der Waals surface area contributed by atoms with Gasteiger partial charge in [-0.3, -0.25) is 0 Å². The minimum absolute atomic E-state index is 0.000476. The van der Waals surface area contributed by atoms with E-state index in [0.29, 0.717) is 30.5 Å². The van der Waals surface area contributed by atoms with Crippen LogP contribution in [-0.2, 0) is 20.9 Å². The molecule has 0 aliphatic carbocycles. The average Bonchev–Trinajstić information content (AvgIpc) is 3.40. The molecule has 0 bridgehead atoms. The lowest BCUT2D eigenvalue weighted by atomic mass is 10.0. The maximum absolute atomic E-state index is 13.6. The molecule has 2 atom stereocenters. The second-order valence-electron chi connectivity index (χ2n) is 13.0. The van der Waals surface area contributed by atoms with E-state index >= 15 is 0 Å². The summed E-state index contributed by atoms with van der Waals surface area (Å²) < 4.78 is 51.1. The summed E-state index contributed by atoms with van der Waals surface area (Å²) in [4.78, 5) is 11.6. The van der Waals surface area contributed by atoms with E-state index in [2.05, 4.69) is 39.2 Å². The van der Waals surface area contributed by atoms with Crippen LogP contribution in [0.4, 0.5) is 4.79 Å². The van der Waals surface area contributed by atoms with E-state index in [9.17, 15) is 23.4 Å².